The van der Waals surface area contributed by atoms with Crippen molar-refractivity contribution >= 4 is 23.2 Å². The monoisotopic (exact) mass is 372 g/mol. The van der Waals surface area contributed by atoms with Crippen molar-refractivity contribution < 1.29 is 9.53 Å². The SMILES string of the molecule is Cc1cc(OCCCC(=O)NC(C)c2nnc3ccccn23)ccc1Cl. The first-order valence-electron chi connectivity index (χ1n) is 8.52. The van der Waals surface area contributed by atoms with Gasteiger partial charge in [0.2, 0.25) is 5.91 Å². The van der Waals surface area contributed by atoms with Crippen LogP contribution in [0.2, 0.25) is 5.02 Å². The van der Waals surface area contributed by atoms with Gasteiger partial charge < -0.3 is 10.1 Å². The molecule has 0 aliphatic carbocycles. The van der Waals surface area contributed by atoms with Crippen LogP contribution in [0, 0.1) is 6.92 Å². The summed E-state index contributed by atoms with van der Waals surface area (Å²) in [6, 6.07) is 11.0. The molecule has 2 aromatic heterocycles. The van der Waals surface area contributed by atoms with E-state index in [1.807, 2.05) is 60.8 Å². The van der Waals surface area contributed by atoms with E-state index in [9.17, 15) is 4.79 Å². The summed E-state index contributed by atoms with van der Waals surface area (Å²) in [5.74, 6) is 1.43. The highest BCUT2D eigenvalue weighted by Gasteiger charge is 2.15. The Morgan fingerprint density at radius 2 is 2.15 bits per heavy atom. The Bertz CT molecular complexity index is 909. The molecule has 1 amide bonds. The fourth-order valence-corrected chi connectivity index (χ4v) is 2.78. The van der Waals surface area contributed by atoms with Crippen LogP contribution in [0.4, 0.5) is 0 Å². The second kappa shape index (κ2) is 8.19. The molecule has 0 saturated heterocycles. The maximum absolute atomic E-state index is 12.2. The van der Waals surface area contributed by atoms with Gasteiger partial charge >= 0.3 is 0 Å². The highest BCUT2D eigenvalue weighted by atomic mass is 35.5. The number of benzene rings is 1. The predicted molar refractivity (Wildman–Crippen MR) is 100 cm³/mol. The molecule has 3 aromatic rings. The smallest absolute Gasteiger partial charge is 0.220 e. The lowest BCUT2D eigenvalue weighted by atomic mass is 10.2. The van der Waals surface area contributed by atoms with Crippen LogP contribution in [0.5, 0.6) is 5.75 Å². The zero-order chi connectivity index (χ0) is 18.5. The highest BCUT2D eigenvalue weighted by Crippen LogP contribution is 2.21. The van der Waals surface area contributed by atoms with E-state index in [-0.39, 0.29) is 11.9 Å². The standard InChI is InChI=1S/C19H21ClN4O2/c1-13-12-15(8-9-16(13)20)26-11-5-7-18(25)21-14(2)19-23-22-17-6-3-4-10-24(17)19/h3-4,6,8-10,12,14H,5,7,11H2,1-2H3,(H,21,25). The largest absolute Gasteiger partial charge is 0.494 e. The topological polar surface area (TPSA) is 68.5 Å². The molecule has 3 rings (SSSR count). The number of carbonyl (C=O) groups excluding carboxylic acids is 1. The van der Waals surface area contributed by atoms with Gasteiger partial charge in [0.05, 0.1) is 12.6 Å². The minimum atomic E-state index is -0.222. The van der Waals surface area contributed by atoms with Crippen molar-refractivity contribution in [2.45, 2.75) is 32.7 Å². The van der Waals surface area contributed by atoms with E-state index in [2.05, 4.69) is 15.5 Å². The van der Waals surface area contributed by atoms with Gasteiger partial charge in [0.15, 0.2) is 11.5 Å². The molecule has 1 unspecified atom stereocenters. The summed E-state index contributed by atoms with van der Waals surface area (Å²) in [5, 5.41) is 11.9. The van der Waals surface area contributed by atoms with Gasteiger partial charge in [-0.3, -0.25) is 9.20 Å². The lowest BCUT2D eigenvalue weighted by molar-refractivity contribution is -0.122. The molecule has 6 nitrogen and oxygen atoms in total. The van der Waals surface area contributed by atoms with Gasteiger partial charge in [0, 0.05) is 17.6 Å². The number of fused-ring (bicyclic) bond motifs is 1. The van der Waals surface area contributed by atoms with E-state index < -0.39 is 0 Å². The Hall–Kier alpha value is -2.60. The normalized spacial score (nSPS) is 12.1. The number of pyridine rings is 1. The van der Waals surface area contributed by atoms with Crippen LogP contribution in [-0.2, 0) is 4.79 Å². The van der Waals surface area contributed by atoms with Crippen molar-refractivity contribution in [1.82, 2.24) is 19.9 Å². The molecular formula is C19H21ClN4O2. The van der Waals surface area contributed by atoms with Crippen molar-refractivity contribution in [2.24, 2.45) is 0 Å². The van der Waals surface area contributed by atoms with Crippen LogP contribution >= 0.6 is 11.6 Å². The van der Waals surface area contributed by atoms with Crippen LogP contribution in [0.1, 0.15) is 37.2 Å². The molecule has 1 aromatic carbocycles. The molecule has 0 aliphatic heterocycles. The van der Waals surface area contributed by atoms with Crippen LogP contribution in [0.15, 0.2) is 42.6 Å². The van der Waals surface area contributed by atoms with Gasteiger partial charge in [0.1, 0.15) is 5.75 Å². The lowest BCUT2D eigenvalue weighted by Crippen LogP contribution is -2.28. The van der Waals surface area contributed by atoms with Crippen molar-refractivity contribution in [3.05, 3.63) is 59.0 Å². The van der Waals surface area contributed by atoms with E-state index in [1.54, 1.807) is 0 Å². The Morgan fingerprint density at radius 1 is 1.31 bits per heavy atom. The molecule has 1 N–H and O–H groups in total. The summed E-state index contributed by atoms with van der Waals surface area (Å²) >= 11 is 5.99. The molecule has 136 valence electrons. The number of nitrogens with one attached hydrogen (secondary N) is 1. The van der Waals surface area contributed by atoms with Crippen LogP contribution in [0.3, 0.4) is 0 Å². The van der Waals surface area contributed by atoms with Crippen molar-refractivity contribution in [1.29, 1.82) is 0 Å². The van der Waals surface area contributed by atoms with E-state index in [1.165, 1.54) is 0 Å². The average Bonchev–Trinajstić information content (AvgIpc) is 3.06. The Balaban J connectivity index is 1.46. The van der Waals surface area contributed by atoms with Gasteiger partial charge in [-0.05, 0) is 56.2 Å². The number of nitrogens with zero attached hydrogens (tertiary/aromatic N) is 3. The summed E-state index contributed by atoms with van der Waals surface area (Å²) in [6.45, 7) is 4.29. The summed E-state index contributed by atoms with van der Waals surface area (Å²) in [7, 11) is 0. The zero-order valence-corrected chi connectivity index (χ0v) is 15.5. The third-order valence-corrected chi connectivity index (χ3v) is 4.48. The second-order valence-corrected chi connectivity index (χ2v) is 6.55. The first-order valence-corrected chi connectivity index (χ1v) is 8.90. The van der Waals surface area contributed by atoms with Gasteiger partial charge in [-0.1, -0.05) is 17.7 Å². The van der Waals surface area contributed by atoms with E-state index in [0.29, 0.717) is 30.3 Å². The molecule has 0 radical (unpaired) electrons. The fourth-order valence-electron chi connectivity index (χ4n) is 2.66. The average molecular weight is 373 g/mol. The zero-order valence-electron chi connectivity index (χ0n) is 14.8. The van der Waals surface area contributed by atoms with Gasteiger partial charge in [-0.15, -0.1) is 10.2 Å². The molecule has 0 saturated carbocycles. The Morgan fingerprint density at radius 3 is 2.96 bits per heavy atom. The first-order chi connectivity index (χ1) is 12.5. The third kappa shape index (κ3) is 4.32. The molecule has 7 heteroatoms. The first kappa shape index (κ1) is 18.2. The maximum Gasteiger partial charge on any atom is 0.220 e. The van der Waals surface area contributed by atoms with Gasteiger partial charge in [0.25, 0.3) is 0 Å². The highest BCUT2D eigenvalue weighted by molar-refractivity contribution is 6.31. The Labute approximate surface area is 157 Å². The number of aryl methyl sites for hydroxylation is 1. The molecule has 0 bridgehead atoms. The number of ether oxygens (including phenoxy) is 1. The molecule has 0 fully saturated rings. The molecule has 0 spiro atoms. The number of hydrogen-bond acceptors (Lipinski definition) is 4. The van der Waals surface area contributed by atoms with Gasteiger partial charge in [-0.2, -0.15) is 0 Å². The third-order valence-electron chi connectivity index (χ3n) is 4.05. The number of rotatable bonds is 7. The number of amides is 1. The summed E-state index contributed by atoms with van der Waals surface area (Å²) in [6.07, 6.45) is 2.89. The number of aromatic nitrogens is 3. The van der Waals surface area contributed by atoms with E-state index >= 15 is 0 Å². The molecule has 26 heavy (non-hydrogen) atoms. The second-order valence-electron chi connectivity index (χ2n) is 6.14. The minimum absolute atomic E-state index is 0.0407. The minimum Gasteiger partial charge on any atom is -0.494 e. The summed E-state index contributed by atoms with van der Waals surface area (Å²) in [5.41, 5.74) is 1.73. The number of carbonyl (C=O) groups is 1. The quantitative estimate of drug-likeness (QED) is 0.641. The maximum atomic E-state index is 12.2. The van der Waals surface area contributed by atoms with E-state index in [0.717, 1.165) is 17.0 Å². The van der Waals surface area contributed by atoms with E-state index in [4.69, 9.17) is 16.3 Å². The van der Waals surface area contributed by atoms with Crippen LogP contribution in [-0.4, -0.2) is 27.1 Å². The number of hydrogen-bond donors (Lipinski definition) is 1. The summed E-state index contributed by atoms with van der Waals surface area (Å²) < 4.78 is 7.53. The van der Waals surface area contributed by atoms with Crippen LogP contribution in [0.25, 0.3) is 5.65 Å². The predicted octanol–water partition coefficient (Wildman–Crippen LogP) is 3.73. The summed E-state index contributed by atoms with van der Waals surface area (Å²) in [4.78, 5) is 12.2. The molecular weight excluding hydrogens is 352 g/mol. The molecule has 0 aliphatic rings. The van der Waals surface area contributed by atoms with Crippen molar-refractivity contribution in [2.75, 3.05) is 6.61 Å². The molecule has 1 atom stereocenters. The Kier molecular flexibility index (Phi) is 5.73. The fraction of sp³-hybridized carbons (Fsp3) is 0.316. The van der Waals surface area contributed by atoms with Crippen molar-refractivity contribution in [3.8, 4) is 5.75 Å². The lowest BCUT2D eigenvalue weighted by Gasteiger charge is -2.12. The molecule has 2 heterocycles. The van der Waals surface area contributed by atoms with Crippen LogP contribution < -0.4 is 10.1 Å². The van der Waals surface area contributed by atoms with Crippen molar-refractivity contribution in [3.63, 3.8) is 0 Å². The van der Waals surface area contributed by atoms with Gasteiger partial charge in [-0.25, -0.2) is 0 Å². The number of halogens is 1.